The molecule has 19 heavy (non-hydrogen) atoms. The van der Waals surface area contributed by atoms with Gasteiger partial charge in [-0.15, -0.1) is 0 Å². The highest BCUT2D eigenvalue weighted by atomic mass is 79.9. The van der Waals surface area contributed by atoms with Gasteiger partial charge in [0, 0.05) is 10.0 Å². The molecule has 1 unspecified atom stereocenters. The molecule has 0 fully saturated rings. The molecule has 1 aliphatic carbocycles. The van der Waals surface area contributed by atoms with Crippen LogP contribution in [0.25, 0.3) is 0 Å². The Bertz CT molecular complexity index is 626. The Kier molecular flexibility index (Phi) is 3.19. The van der Waals surface area contributed by atoms with E-state index in [1.54, 1.807) is 0 Å². The molecule has 1 nitrogen and oxygen atoms in total. The lowest BCUT2D eigenvalue weighted by Crippen LogP contribution is -2.36. The number of fused-ring (bicyclic) bond motifs is 1. The second-order valence-electron chi connectivity index (χ2n) is 5.23. The van der Waals surface area contributed by atoms with Crippen molar-refractivity contribution in [1.82, 2.24) is 0 Å². The van der Waals surface area contributed by atoms with Crippen LogP contribution in [-0.4, -0.2) is 0 Å². The smallest absolute Gasteiger partial charge is 0.127 e. The van der Waals surface area contributed by atoms with Crippen molar-refractivity contribution in [2.24, 2.45) is 5.73 Å². The van der Waals surface area contributed by atoms with Crippen molar-refractivity contribution in [3.8, 4) is 0 Å². The fourth-order valence-corrected chi connectivity index (χ4v) is 3.24. The monoisotopic (exact) mass is 319 g/mol. The lowest BCUT2D eigenvalue weighted by atomic mass is 9.86. The molecule has 1 atom stereocenters. The summed E-state index contributed by atoms with van der Waals surface area (Å²) in [6.45, 7) is 0. The molecule has 3 rings (SSSR count). The van der Waals surface area contributed by atoms with E-state index < -0.39 is 5.54 Å². The largest absolute Gasteiger partial charge is 0.321 e. The summed E-state index contributed by atoms with van der Waals surface area (Å²) in [5.41, 5.74) is 9.23. The Morgan fingerprint density at radius 3 is 2.79 bits per heavy atom. The van der Waals surface area contributed by atoms with E-state index in [9.17, 15) is 4.39 Å². The van der Waals surface area contributed by atoms with Crippen LogP contribution in [0.4, 0.5) is 4.39 Å². The van der Waals surface area contributed by atoms with Crippen LogP contribution >= 0.6 is 15.9 Å². The van der Waals surface area contributed by atoms with E-state index in [4.69, 9.17) is 5.73 Å². The first-order valence-electron chi connectivity index (χ1n) is 6.40. The van der Waals surface area contributed by atoms with Gasteiger partial charge in [-0.2, -0.15) is 0 Å². The average molecular weight is 320 g/mol. The van der Waals surface area contributed by atoms with Crippen molar-refractivity contribution in [3.05, 3.63) is 69.4 Å². The summed E-state index contributed by atoms with van der Waals surface area (Å²) in [7, 11) is 0. The number of halogens is 2. The van der Waals surface area contributed by atoms with Crippen LogP contribution in [0.5, 0.6) is 0 Å². The molecule has 0 radical (unpaired) electrons. The van der Waals surface area contributed by atoms with Gasteiger partial charge in [0.25, 0.3) is 0 Å². The fourth-order valence-electron chi connectivity index (χ4n) is 2.90. The maximum absolute atomic E-state index is 14.0. The van der Waals surface area contributed by atoms with E-state index in [0.29, 0.717) is 12.0 Å². The van der Waals surface area contributed by atoms with Gasteiger partial charge in [0.05, 0.1) is 0 Å². The minimum absolute atomic E-state index is 0.191. The van der Waals surface area contributed by atoms with Gasteiger partial charge in [0.1, 0.15) is 5.82 Å². The van der Waals surface area contributed by atoms with Crippen molar-refractivity contribution in [1.29, 1.82) is 0 Å². The van der Waals surface area contributed by atoms with E-state index in [-0.39, 0.29) is 5.82 Å². The minimum atomic E-state index is -0.439. The Balaban J connectivity index is 1.95. The fraction of sp³-hybridized carbons (Fsp3) is 0.250. The van der Waals surface area contributed by atoms with Crippen LogP contribution in [-0.2, 0) is 18.4 Å². The number of nitrogens with two attached hydrogens (primary N) is 1. The van der Waals surface area contributed by atoms with Gasteiger partial charge in [-0.05, 0) is 48.1 Å². The summed E-state index contributed by atoms with van der Waals surface area (Å²) in [6, 6.07) is 13.4. The lowest BCUT2D eigenvalue weighted by molar-refractivity contribution is 0.429. The van der Waals surface area contributed by atoms with E-state index in [1.807, 2.05) is 24.3 Å². The molecule has 2 N–H and O–H groups in total. The molecule has 3 heteroatoms. The van der Waals surface area contributed by atoms with Gasteiger partial charge in [-0.3, -0.25) is 0 Å². The van der Waals surface area contributed by atoms with Crippen LogP contribution in [0.1, 0.15) is 23.1 Å². The summed E-state index contributed by atoms with van der Waals surface area (Å²) in [5, 5.41) is 0. The van der Waals surface area contributed by atoms with Gasteiger partial charge in [-0.1, -0.05) is 46.3 Å². The van der Waals surface area contributed by atoms with Crippen molar-refractivity contribution in [3.63, 3.8) is 0 Å². The lowest BCUT2D eigenvalue weighted by Gasteiger charge is -2.26. The normalized spacial score (nSPS) is 21.4. The molecular formula is C16H15BrFN. The molecule has 0 heterocycles. The van der Waals surface area contributed by atoms with E-state index in [0.717, 1.165) is 22.9 Å². The minimum Gasteiger partial charge on any atom is -0.321 e. The van der Waals surface area contributed by atoms with Crippen LogP contribution in [0.15, 0.2) is 46.9 Å². The Morgan fingerprint density at radius 1 is 1.21 bits per heavy atom. The Morgan fingerprint density at radius 2 is 2.00 bits per heavy atom. The number of benzene rings is 2. The average Bonchev–Trinajstić information content (AvgIpc) is 2.72. The van der Waals surface area contributed by atoms with Gasteiger partial charge in [-0.25, -0.2) is 4.39 Å². The molecule has 2 aromatic carbocycles. The molecule has 98 valence electrons. The third-order valence-electron chi connectivity index (χ3n) is 3.92. The van der Waals surface area contributed by atoms with Crippen molar-refractivity contribution >= 4 is 15.9 Å². The topological polar surface area (TPSA) is 26.0 Å². The van der Waals surface area contributed by atoms with Gasteiger partial charge >= 0.3 is 0 Å². The van der Waals surface area contributed by atoms with E-state index >= 15 is 0 Å². The molecule has 0 aromatic heterocycles. The third kappa shape index (κ3) is 2.33. The zero-order chi connectivity index (χ0) is 13.5. The Labute approximate surface area is 120 Å². The molecule has 0 bridgehead atoms. The van der Waals surface area contributed by atoms with Crippen LogP contribution < -0.4 is 5.73 Å². The van der Waals surface area contributed by atoms with E-state index in [1.165, 1.54) is 11.6 Å². The summed E-state index contributed by atoms with van der Waals surface area (Å²) >= 11 is 3.28. The molecule has 2 aromatic rings. The highest BCUT2D eigenvalue weighted by molar-refractivity contribution is 9.10. The molecule has 0 amide bonds. The predicted molar refractivity (Wildman–Crippen MR) is 78.4 cm³/mol. The van der Waals surface area contributed by atoms with Crippen LogP contribution in [0, 0.1) is 5.82 Å². The van der Waals surface area contributed by atoms with Crippen molar-refractivity contribution in [2.45, 2.75) is 24.8 Å². The first kappa shape index (κ1) is 12.8. The second-order valence-corrected chi connectivity index (χ2v) is 6.14. The first-order valence-corrected chi connectivity index (χ1v) is 7.19. The number of hydrogen-bond acceptors (Lipinski definition) is 1. The molecule has 0 spiro atoms. The summed E-state index contributed by atoms with van der Waals surface area (Å²) < 4.78 is 14.7. The molecule has 0 saturated carbocycles. The highest BCUT2D eigenvalue weighted by Gasteiger charge is 2.35. The first-order chi connectivity index (χ1) is 9.08. The SMILES string of the molecule is NC1(Cc2ccc(Br)cc2F)CCc2ccccc21. The van der Waals surface area contributed by atoms with Crippen LogP contribution in [0.2, 0.25) is 0 Å². The standard InChI is InChI=1S/C16H15BrFN/c17-13-6-5-12(15(18)9-13)10-16(19)8-7-11-3-1-2-4-14(11)16/h1-6,9H,7-8,10,19H2. The molecule has 0 saturated heterocycles. The number of aryl methyl sites for hydroxylation is 1. The highest BCUT2D eigenvalue weighted by Crippen LogP contribution is 2.37. The quantitative estimate of drug-likeness (QED) is 0.891. The molecular weight excluding hydrogens is 305 g/mol. The van der Waals surface area contributed by atoms with Crippen molar-refractivity contribution in [2.75, 3.05) is 0 Å². The maximum atomic E-state index is 14.0. The van der Waals surface area contributed by atoms with Gasteiger partial charge < -0.3 is 5.73 Å². The summed E-state index contributed by atoms with van der Waals surface area (Å²) in [6.07, 6.45) is 2.40. The van der Waals surface area contributed by atoms with E-state index in [2.05, 4.69) is 28.1 Å². The summed E-state index contributed by atoms with van der Waals surface area (Å²) in [4.78, 5) is 0. The molecule has 1 aliphatic rings. The number of hydrogen-bond donors (Lipinski definition) is 1. The van der Waals surface area contributed by atoms with Gasteiger partial charge in [0.15, 0.2) is 0 Å². The van der Waals surface area contributed by atoms with Crippen molar-refractivity contribution < 1.29 is 4.39 Å². The van der Waals surface area contributed by atoms with Crippen LogP contribution in [0.3, 0.4) is 0 Å². The zero-order valence-corrected chi connectivity index (χ0v) is 12.1. The van der Waals surface area contributed by atoms with Gasteiger partial charge in [0.2, 0.25) is 0 Å². The summed E-state index contributed by atoms with van der Waals surface area (Å²) in [5.74, 6) is -0.191. The third-order valence-corrected chi connectivity index (χ3v) is 4.41. The molecule has 0 aliphatic heterocycles. The second kappa shape index (κ2) is 4.73. The predicted octanol–water partition coefficient (Wildman–Crippen LogP) is 3.93. The maximum Gasteiger partial charge on any atom is 0.127 e. The number of rotatable bonds is 2. The zero-order valence-electron chi connectivity index (χ0n) is 10.5. The Hall–Kier alpha value is -1.19.